The second kappa shape index (κ2) is 13.4. The first kappa shape index (κ1) is 32.7. The highest BCUT2D eigenvalue weighted by Crippen LogP contribution is 2.48. The predicted molar refractivity (Wildman–Crippen MR) is 174 cm³/mol. The molecule has 1 aliphatic heterocycles. The van der Waals surface area contributed by atoms with E-state index in [1.807, 2.05) is 6.92 Å². The van der Waals surface area contributed by atoms with Gasteiger partial charge in [-0.2, -0.15) is 0 Å². The number of carbonyl (C=O) groups excluding carboxylic acids is 2. The van der Waals surface area contributed by atoms with Crippen LogP contribution in [0.1, 0.15) is 83.2 Å². The standard InChI is InChI=1S/C32H35Cl2N5O5S/c1-18(19-11-13-20(14-12-19)30(35)37-42)36-31(40)28-22-7-3-4-8-23(22)32(41)39(29(28)24-16-15-21(33)17-25(24)34)27-10-6-5-9-26(27)38-45(2,43)44/h3-4,7-8,11-18,26-29,38,42H,5-6,9-10H2,1-2H3,(H2,35,37)(H,36,40)/t18?,26-,27-,28+,29-/m0/s1. The van der Waals surface area contributed by atoms with Gasteiger partial charge in [0.2, 0.25) is 15.9 Å². The van der Waals surface area contributed by atoms with Crippen molar-refractivity contribution in [3.05, 3.63) is 105 Å². The van der Waals surface area contributed by atoms with Gasteiger partial charge in [-0.25, -0.2) is 13.1 Å². The molecule has 0 saturated heterocycles. The third kappa shape index (κ3) is 6.96. The van der Waals surface area contributed by atoms with Gasteiger partial charge in [0.25, 0.3) is 5.91 Å². The minimum atomic E-state index is -3.60. The molecule has 45 heavy (non-hydrogen) atoms. The lowest BCUT2D eigenvalue weighted by molar-refractivity contribution is -0.125. The zero-order valence-electron chi connectivity index (χ0n) is 24.8. The van der Waals surface area contributed by atoms with Crippen LogP contribution in [0, 0.1) is 0 Å². The van der Waals surface area contributed by atoms with E-state index in [-0.39, 0.29) is 22.7 Å². The molecule has 3 aromatic carbocycles. The molecule has 0 radical (unpaired) electrons. The molecule has 2 amide bonds. The number of halogens is 2. The molecule has 13 heteroatoms. The van der Waals surface area contributed by atoms with Crippen LogP contribution >= 0.6 is 23.2 Å². The first-order valence-corrected chi connectivity index (χ1v) is 17.3. The summed E-state index contributed by atoms with van der Waals surface area (Å²) in [6.07, 6.45) is 3.77. The number of hydrogen-bond acceptors (Lipinski definition) is 6. The van der Waals surface area contributed by atoms with E-state index in [4.69, 9.17) is 34.1 Å². The van der Waals surface area contributed by atoms with Crippen LogP contribution in [-0.4, -0.2) is 54.5 Å². The van der Waals surface area contributed by atoms with Gasteiger partial charge in [-0.3, -0.25) is 9.59 Å². The molecule has 2 aliphatic rings. The first-order valence-electron chi connectivity index (χ1n) is 14.6. The number of amidine groups is 1. The maximum Gasteiger partial charge on any atom is 0.255 e. The molecule has 1 aliphatic carbocycles. The van der Waals surface area contributed by atoms with Crippen LogP contribution in [0.25, 0.3) is 0 Å². The van der Waals surface area contributed by atoms with Gasteiger partial charge in [0, 0.05) is 33.3 Å². The Bertz CT molecular complexity index is 1730. The summed E-state index contributed by atoms with van der Waals surface area (Å²) in [5.41, 5.74) is 8.46. The van der Waals surface area contributed by atoms with E-state index in [0.717, 1.165) is 24.7 Å². The molecule has 238 valence electrons. The highest BCUT2D eigenvalue weighted by Gasteiger charge is 2.49. The highest BCUT2D eigenvalue weighted by molar-refractivity contribution is 7.88. The smallest absolute Gasteiger partial charge is 0.255 e. The molecule has 10 nitrogen and oxygen atoms in total. The summed E-state index contributed by atoms with van der Waals surface area (Å²) in [6, 6.07) is 16.5. The molecule has 0 spiro atoms. The van der Waals surface area contributed by atoms with Crippen LogP contribution in [0.5, 0.6) is 0 Å². The Morgan fingerprint density at radius 3 is 2.40 bits per heavy atom. The summed E-state index contributed by atoms with van der Waals surface area (Å²) in [4.78, 5) is 30.6. The van der Waals surface area contributed by atoms with Crippen molar-refractivity contribution >= 4 is 50.9 Å². The van der Waals surface area contributed by atoms with Crippen LogP contribution in [0.3, 0.4) is 0 Å². The number of amides is 2. The molecule has 1 fully saturated rings. The maximum absolute atomic E-state index is 14.5. The normalized spacial score (nSPS) is 22.9. The first-order chi connectivity index (χ1) is 21.4. The second-order valence-corrected chi connectivity index (χ2v) is 14.2. The lowest BCUT2D eigenvalue weighted by Gasteiger charge is -2.49. The van der Waals surface area contributed by atoms with Gasteiger partial charge in [0.1, 0.15) is 0 Å². The molecule has 0 bridgehead atoms. The lowest BCUT2D eigenvalue weighted by Crippen LogP contribution is -2.59. The van der Waals surface area contributed by atoms with E-state index in [1.165, 1.54) is 0 Å². The van der Waals surface area contributed by atoms with Crippen molar-refractivity contribution in [1.82, 2.24) is 14.9 Å². The molecular weight excluding hydrogens is 637 g/mol. The molecule has 5 rings (SSSR count). The predicted octanol–water partition coefficient (Wildman–Crippen LogP) is 5.11. The maximum atomic E-state index is 14.5. The van der Waals surface area contributed by atoms with Crippen LogP contribution in [0.4, 0.5) is 0 Å². The lowest BCUT2D eigenvalue weighted by atomic mass is 9.76. The largest absolute Gasteiger partial charge is 0.409 e. The molecule has 1 unspecified atom stereocenters. The van der Waals surface area contributed by atoms with Crippen LogP contribution in [-0.2, 0) is 14.8 Å². The minimum absolute atomic E-state index is 0.0316. The number of oxime groups is 1. The van der Waals surface area contributed by atoms with Gasteiger partial charge < -0.3 is 21.2 Å². The van der Waals surface area contributed by atoms with Gasteiger partial charge in [-0.1, -0.05) is 89.7 Å². The summed E-state index contributed by atoms with van der Waals surface area (Å²) < 4.78 is 27.6. The van der Waals surface area contributed by atoms with Crippen molar-refractivity contribution in [1.29, 1.82) is 0 Å². The summed E-state index contributed by atoms with van der Waals surface area (Å²) in [6.45, 7) is 1.84. The summed E-state index contributed by atoms with van der Waals surface area (Å²) >= 11 is 13.1. The zero-order chi connectivity index (χ0) is 32.5. The van der Waals surface area contributed by atoms with Crippen LogP contribution in [0.2, 0.25) is 10.0 Å². The van der Waals surface area contributed by atoms with Crippen LogP contribution < -0.4 is 15.8 Å². The Hall–Kier alpha value is -3.64. The average Bonchev–Trinajstić information content (AvgIpc) is 3.00. The van der Waals surface area contributed by atoms with Gasteiger partial charge >= 0.3 is 0 Å². The fourth-order valence-electron chi connectivity index (χ4n) is 6.51. The topological polar surface area (TPSA) is 154 Å². The van der Waals surface area contributed by atoms with Crippen LogP contribution in [0.15, 0.2) is 71.9 Å². The van der Waals surface area contributed by atoms with Gasteiger partial charge in [-0.05, 0) is 54.7 Å². The third-order valence-corrected chi connectivity index (χ3v) is 9.86. The number of nitrogens with one attached hydrogen (secondary N) is 2. The van der Waals surface area contributed by atoms with Crippen molar-refractivity contribution in [3.63, 3.8) is 0 Å². The Morgan fingerprint density at radius 1 is 1.04 bits per heavy atom. The summed E-state index contributed by atoms with van der Waals surface area (Å²) in [5, 5.41) is 15.8. The Morgan fingerprint density at radius 2 is 1.73 bits per heavy atom. The van der Waals surface area contributed by atoms with Crippen molar-refractivity contribution in [2.45, 2.75) is 62.7 Å². The number of nitrogens with two attached hydrogens (primary N) is 1. The van der Waals surface area contributed by atoms with E-state index < -0.39 is 40.1 Å². The molecule has 5 N–H and O–H groups in total. The number of rotatable bonds is 8. The van der Waals surface area contributed by atoms with E-state index >= 15 is 0 Å². The van der Waals surface area contributed by atoms with Crippen molar-refractivity contribution in [2.75, 3.05) is 6.26 Å². The molecule has 1 heterocycles. The molecule has 3 aromatic rings. The Labute approximate surface area is 272 Å². The number of sulfonamides is 1. The monoisotopic (exact) mass is 671 g/mol. The van der Waals surface area contributed by atoms with Crippen molar-refractivity contribution in [2.24, 2.45) is 10.9 Å². The van der Waals surface area contributed by atoms with Gasteiger partial charge in [0.05, 0.1) is 24.3 Å². The van der Waals surface area contributed by atoms with E-state index in [2.05, 4.69) is 15.2 Å². The minimum Gasteiger partial charge on any atom is -0.409 e. The van der Waals surface area contributed by atoms with E-state index in [0.29, 0.717) is 40.1 Å². The summed E-state index contributed by atoms with van der Waals surface area (Å²) in [7, 11) is -3.60. The van der Waals surface area contributed by atoms with Crippen molar-refractivity contribution in [3.8, 4) is 0 Å². The number of benzene rings is 3. The van der Waals surface area contributed by atoms with Gasteiger partial charge in [0.15, 0.2) is 5.84 Å². The number of hydrogen-bond donors (Lipinski definition) is 4. The number of fused-ring (bicyclic) bond motifs is 1. The number of nitrogens with zero attached hydrogens (tertiary/aromatic N) is 2. The molecular formula is C32H35Cl2N5O5S. The Balaban J connectivity index is 1.62. The van der Waals surface area contributed by atoms with Gasteiger partial charge in [-0.15, -0.1) is 0 Å². The molecule has 5 atom stereocenters. The number of carbonyl (C=O) groups is 2. The fraction of sp³-hybridized carbons (Fsp3) is 0.344. The highest BCUT2D eigenvalue weighted by atomic mass is 35.5. The molecule has 0 aromatic heterocycles. The summed E-state index contributed by atoms with van der Waals surface area (Å²) in [5.74, 6) is -1.56. The third-order valence-electron chi connectivity index (χ3n) is 8.56. The second-order valence-electron chi connectivity index (χ2n) is 11.6. The average molecular weight is 673 g/mol. The van der Waals surface area contributed by atoms with E-state index in [1.54, 1.807) is 71.6 Å². The Kier molecular flexibility index (Phi) is 9.74. The SMILES string of the molecule is CC(NC(=O)[C@@H]1c2ccccc2C(=O)N([C@H]2CCCC[C@@H]2NS(C)(=O)=O)[C@H]1c1ccc(Cl)cc1Cl)c1ccc(C(N)=NO)cc1. The van der Waals surface area contributed by atoms with Crippen molar-refractivity contribution < 1.29 is 23.2 Å². The van der Waals surface area contributed by atoms with E-state index in [9.17, 15) is 18.0 Å². The fourth-order valence-corrected chi connectivity index (χ4v) is 7.86. The zero-order valence-corrected chi connectivity index (χ0v) is 27.1. The quantitative estimate of drug-likeness (QED) is 0.113. The molecule has 1 saturated carbocycles.